The van der Waals surface area contributed by atoms with Gasteiger partial charge in [-0.1, -0.05) is 29.3 Å². The highest BCUT2D eigenvalue weighted by atomic mass is 35.5. The Kier molecular flexibility index (Phi) is 8.67. The first-order valence-corrected chi connectivity index (χ1v) is 12.6. The Morgan fingerprint density at radius 1 is 1.14 bits per heavy atom. The summed E-state index contributed by atoms with van der Waals surface area (Å²) in [7, 11) is 0. The van der Waals surface area contributed by atoms with E-state index >= 15 is 0 Å². The van der Waals surface area contributed by atoms with Crippen LogP contribution < -0.4 is 20.1 Å². The first-order valence-electron chi connectivity index (χ1n) is 11.8. The summed E-state index contributed by atoms with van der Waals surface area (Å²) in [6, 6.07) is 11.8. The summed E-state index contributed by atoms with van der Waals surface area (Å²) >= 11 is 12.4. The SMILES string of the molecule is Cc1cc(Cl)c(OCCOc2ccc(CC(CN)C(=O)N3CCCc4cc(F)ccc43)cn2)c(Cl)c1. The van der Waals surface area contributed by atoms with E-state index in [0.29, 0.717) is 34.6 Å². The smallest absolute Gasteiger partial charge is 0.231 e. The molecule has 9 heteroatoms. The summed E-state index contributed by atoms with van der Waals surface area (Å²) in [6.07, 6.45) is 3.67. The Bertz CT molecular complexity index is 1200. The molecule has 36 heavy (non-hydrogen) atoms. The average molecular weight is 532 g/mol. The highest BCUT2D eigenvalue weighted by molar-refractivity contribution is 6.37. The first-order chi connectivity index (χ1) is 17.4. The number of carbonyl (C=O) groups excluding carboxylic acids is 1. The second kappa shape index (κ2) is 11.9. The Morgan fingerprint density at radius 2 is 1.89 bits per heavy atom. The number of hydrogen-bond donors (Lipinski definition) is 1. The summed E-state index contributed by atoms with van der Waals surface area (Å²) in [6.45, 7) is 3.20. The number of anilines is 1. The van der Waals surface area contributed by atoms with Crippen LogP contribution in [0.3, 0.4) is 0 Å². The summed E-state index contributed by atoms with van der Waals surface area (Å²) in [5.74, 6) is 0.102. The molecule has 1 aromatic heterocycles. The molecule has 0 saturated carbocycles. The number of carbonyl (C=O) groups is 1. The molecule has 0 spiro atoms. The molecular weight excluding hydrogens is 504 g/mol. The van der Waals surface area contributed by atoms with Crippen LogP contribution in [-0.2, 0) is 17.6 Å². The highest BCUT2D eigenvalue weighted by Crippen LogP contribution is 2.34. The van der Waals surface area contributed by atoms with E-state index in [4.69, 9.17) is 38.4 Å². The summed E-state index contributed by atoms with van der Waals surface area (Å²) in [5.41, 5.74) is 9.42. The number of ether oxygens (including phenoxy) is 2. The van der Waals surface area contributed by atoms with Crippen molar-refractivity contribution in [2.75, 3.05) is 31.2 Å². The number of pyridine rings is 1. The topological polar surface area (TPSA) is 77.7 Å². The van der Waals surface area contributed by atoms with Crippen LogP contribution in [0.15, 0.2) is 48.7 Å². The minimum atomic E-state index is -0.410. The van der Waals surface area contributed by atoms with E-state index in [1.807, 2.05) is 13.0 Å². The fourth-order valence-electron chi connectivity index (χ4n) is 4.30. The molecule has 2 N–H and O–H groups in total. The zero-order chi connectivity index (χ0) is 25.7. The summed E-state index contributed by atoms with van der Waals surface area (Å²) < 4.78 is 24.9. The number of rotatable bonds is 9. The zero-order valence-corrected chi connectivity index (χ0v) is 21.5. The van der Waals surface area contributed by atoms with E-state index in [9.17, 15) is 9.18 Å². The van der Waals surface area contributed by atoms with Crippen molar-refractivity contribution in [1.29, 1.82) is 0 Å². The molecule has 2 heterocycles. The number of nitrogens with two attached hydrogens (primary N) is 1. The lowest BCUT2D eigenvalue weighted by atomic mass is 9.95. The van der Waals surface area contributed by atoms with Gasteiger partial charge in [0.2, 0.25) is 11.8 Å². The Balaban J connectivity index is 1.31. The van der Waals surface area contributed by atoms with Crippen molar-refractivity contribution >= 4 is 34.8 Å². The van der Waals surface area contributed by atoms with Crippen LogP contribution in [0.1, 0.15) is 23.1 Å². The van der Waals surface area contributed by atoms with E-state index in [1.54, 1.807) is 35.4 Å². The van der Waals surface area contributed by atoms with Crippen LogP contribution >= 0.6 is 23.2 Å². The molecule has 1 aliphatic heterocycles. The van der Waals surface area contributed by atoms with Gasteiger partial charge in [-0.15, -0.1) is 0 Å². The van der Waals surface area contributed by atoms with Crippen molar-refractivity contribution < 1.29 is 18.7 Å². The van der Waals surface area contributed by atoms with Crippen LogP contribution in [0.2, 0.25) is 10.0 Å². The van der Waals surface area contributed by atoms with Gasteiger partial charge in [0.25, 0.3) is 0 Å². The highest BCUT2D eigenvalue weighted by Gasteiger charge is 2.28. The van der Waals surface area contributed by atoms with Crippen molar-refractivity contribution in [3.63, 3.8) is 0 Å². The maximum atomic E-state index is 13.6. The lowest BCUT2D eigenvalue weighted by Crippen LogP contribution is -2.42. The lowest BCUT2D eigenvalue weighted by Gasteiger charge is -2.32. The number of benzene rings is 2. The molecule has 3 aromatic rings. The lowest BCUT2D eigenvalue weighted by molar-refractivity contribution is -0.122. The Hall–Kier alpha value is -2.87. The monoisotopic (exact) mass is 531 g/mol. The zero-order valence-electron chi connectivity index (χ0n) is 20.0. The quantitative estimate of drug-likeness (QED) is 0.374. The van der Waals surface area contributed by atoms with E-state index < -0.39 is 5.92 Å². The van der Waals surface area contributed by atoms with Gasteiger partial charge in [-0.3, -0.25) is 4.79 Å². The third kappa shape index (κ3) is 6.27. The van der Waals surface area contributed by atoms with Gasteiger partial charge in [0.05, 0.1) is 16.0 Å². The second-order valence-corrected chi connectivity index (χ2v) is 9.58. The van der Waals surface area contributed by atoms with Gasteiger partial charge >= 0.3 is 0 Å². The van der Waals surface area contributed by atoms with E-state index in [1.165, 1.54) is 12.1 Å². The number of fused-ring (bicyclic) bond motifs is 1. The maximum Gasteiger partial charge on any atom is 0.231 e. The minimum Gasteiger partial charge on any atom is -0.487 e. The molecule has 4 rings (SSSR count). The third-order valence-electron chi connectivity index (χ3n) is 6.06. The molecule has 0 aliphatic carbocycles. The van der Waals surface area contributed by atoms with Gasteiger partial charge < -0.3 is 20.1 Å². The van der Waals surface area contributed by atoms with Gasteiger partial charge in [0.1, 0.15) is 19.0 Å². The van der Waals surface area contributed by atoms with Crippen molar-refractivity contribution in [2.45, 2.75) is 26.2 Å². The number of hydrogen-bond acceptors (Lipinski definition) is 5. The second-order valence-electron chi connectivity index (χ2n) is 8.76. The molecule has 0 radical (unpaired) electrons. The molecule has 0 bridgehead atoms. The van der Waals surface area contributed by atoms with Crippen LogP contribution in [0.25, 0.3) is 0 Å². The van der Waals surface area contributed by atoms with Gasteiger partial charge in [-0.05, 0) is 73.2 Å². The van der Waals surface area contributed by atoms with Crippen molar-refractivity contribution in [3.8, 4) is 11.6 Å². The largest absolute Gasteiger partial charge is 0.487 e. The Morgan fingerprint density at radius 3 is 2.58 bits per heavy atom. The van der Waals surface area contributed by atoms with Gasteiger partial charge in [0, 0.05) is 31.0 Å². The molecule has 1 atom stereocenters. The maximum absolute atomic E-state index is 13.6. The van der Waals surface area contributed by atoms with E-state index in [0.717, 1.165) is 35.2 Å². The summed E-state index contributed by atoms with van der Waals surface area (Å²) in [5, 5.41) is 0.901. The standard InChI is InChI=1S/C27H28Cl2FN3O3/c1-17-11-22(28)26(23(29)12-17)36-10-9-35-25-7-4-18(16-32-25)13-20(15-31)27(34)33-8-2-3-19-14-21(30)5-6-24(19)33/h4-7,11-12,14,16,20H,2-3,8-10,13,15,31H2,1H3. The van der Waals surface area contributed by atoms with Gasteiger partial charge in [0.15, 0.2) is 5.75 Å². The molecule has 1 amide bonds. The Labute approximate surface area is 220 Å². The van der Waals surface area contributed by atoms with Crippen molar-refractivity contribution in [2.24, 2.45) is 11.7 Å². The molecular formula is C27H28Cl2FN3O3. The predicted molar refractivity (Wildman–Crippen MR) is 140 cm³/mol. The number of aryl methyl sites for hydroxylation is 2. The number of amides is 1. The number of nitrogens with zero attached hydrogens (tertiary/aromatic N) is 2. The third-order valence-corrected chi connectivity index (χ3v) is 6.62. The molecule has 0 fully saturated rings. The van der Waals surface area contributed by atoms with E-state index in [-0.39, 0.29) is 31.5 Å². The molecule has 1 aliphatic rings. The van der Waals surface area contributed by atoms with Crippen LogP contribution in [0.4, 0.5) is 10.1 Å². The first kappa shape index (κ1) is 26.2. The van der Waals surface area contributed by atoms with Crippen molar-refractivity contribution in [3.05, 3.63) is 81.2 Å². The van der Waals surface area contributed by atoms with Crippen LogP contribution in [-0.4, -0.2) is 37.2 Å². The van der Waals surface area contributed by atoms with Crippen LogP contribution in [0.5, 0.6) is 11.6 Å². The van der Waals surface area contributed by atoms with Gasteiger partial charge in [-0.2, -0.15) is 0 Å². The minimum absolute atomic E-state index is 0.0593. The predicted octanol–water partition coefficient (Wildman–Crippen LogP) is 5.39. The molecule has 6 nitrogen and oxygen atoms in total. The molecule has 190 valence electrons. The molecule has 0 saturated heterocycles. The van der Waals surface area contributed by atoms with E-state index in [2.05, 4.69) is 4.98 Å². The number of aromatic nitrogens is 1. The number of halogens is 3. The van der Waals surface area contributed by atoms with Crippen LogP contribution in [0, 0.1) is 18.7 Å². The normalized spacial score (nSPS) is 13.8. The fourth-order valence-corrected chi connectivity index (χ4v) is 5.01. The molecule has 1 unspecified atom stereocenters. The summed E-state index contributed by atoms with van der Waals surface area (Å²) in [4.78, 5) is 19.3. The fraction of sp³-hybridized carbons (Fsp3) is 0.333. The van der Waals surface area contributed by atoms with Crippen molar-refractivity contribution in [1.82, 2.24) is 4.98 Å². The van der Waals surface area contributed by atoms with Gasteiger partial charge in [-0.25, -0.2) is 9.37 Å². The molecule has 2 aromatic carbocycles. The average Bonchev–Trinajstić information content (AvgIpc) is 2.86.